The van der Waals surface area contributed by atoms with Gasteiger partial charge in [0.05, 0.1) is 12.7 Å². The lowest BCUT2D eigenvalue weighted by molar-refractivity contribution is 0.0473. The Morgan fingerprint density at radius 1 is 1.04 bits per heavy atom. The van der Waals surface area contributed by atoms with E-state index < -0.39 is 5.97 Å². The summed E-state index contributed by atoms with van der Waals surface area (Å²) in [6, 6.07) is 18.4. The standard InChI is InChI=1S/C20H16ClNO3/c1-24-18-10-6-5-9-15(18)17-12-22-19(21)11-16(17)20(23)25-13-14-7-3-2-4-8-14/h2-12H,13H2,1H3. The molecule has 0 aliphatic rings. The number of rotatable bonds is 5. The first-order valence-electron chi connectivity index (χ1n) is 7.69. The first kappa shape index (κ1) is 17.0. The lowest BCUT2D eigenvalue weighted by Gasteiger charge is -2.13. The Morgan fingerprint density at radius 3 is 2.52 bits per heavy atom. The zero-order chi connectivity index (χ0) is 17.6. The predicted molar refractivity (Wildman–Crippen MR) is 96.8 cm³/mol. The van der Waals surface area contributed by atoms with Crippen LogP contribution in [0, 0.1) is 0 Å². The van der Waals surface area contributed by atoms with Crippen molar-refractivity contribution in [3.05, 3.63) is 83.1 Å². The van der Waals surface area contributed by atoms with Gasteiger partial charge in [0.1, 0.15) is 17.5 Å². The van der Waals surface area contributed by atoms with E-state index in [1.807, 2.05) is 54.6 Å². The highest BCUT2D eigenvalue weighted by Crippen LogP contribution is 2.33. The highest BCUT2D eigenvalue weighted by Gasteiger charge is 2.18. The number of ether oxygens (including phenoxy) is 2. The molecule has 4 nitrogen and oxygen atoms in total. The Bertz CT molecular complexity index is 881. The summed E-state index contributed by atoms with van der Waals surface area (Å²) in [6.45, 7) is 0.185. The highest BCUT2D eigenvalue weighted by molar-refractivity contribution is 6.29. The molecule has 0 aliphatic heterocycles. The van der Waals surface area contributed by atoms with E-state index in [-0.39, 0.29) is 11.8 Å². The molecule has 0 amide bonds. The van der Waals surface area contributed by atoms with Gasteiger partial charge in [-0.1, -0.05) is 60.1 Å². The van der Waals surface area contributed by atoms with E-state index >= 15 is 0 Å². The van der Waals surface area contributed by atoms with Gasteiger partial charge in [-0.3, -0.25) is 0 Å². The monoisotopic (exact) mass is 353 g/mol. The first-order valence-corrected chi connectivity index (χ1v) is 8.07. The Labute approximate surface area is 151 Å². The zero-order valence-electron chi connectivity index (χ0n) is 13.6. The lowest BCUT2D eigenvalue weighted by Crippen LogP contribution is -2.08. The van der Waals surface area contributed by atoms with E-state index in [1.54, 1.807) is 13.3 Å². The highest BCUT2D eigenvalue weighted by atomic mass is 35.5. The Kier molecular flexibility index (Phi) is 5.31. The average Bonchev–Trinajstić information content (AvgIpc) is 2.67. The van der Waals surface area contributed by atoms with Crippen LogP contribution in [0.5, 0.6) is 5.75 Å². The molecule has 3 rings (SSSR count). The molecule has 0 N–H and O–H groups in total. The number of carbonyl (C=O) groups excluding carboxylic acids is 1. The summed E-state index contributed by atoms with van der Waals surface area (Å²) in [5.74, 6) is 0.179. The van der Waals surface area contributed by atoms with Gasteiger partial charge >= 0.3 is 5.97 Å². The molecule has 3 aromatic rings. The third kappa shape index (κ3) is 3.98. The molecule has 5 heteroatoms. The summed E-state index contributed by atoms with van der Waals surface area (Å²) in [4.78, 5) is 16.7. The SMILES string of the molecule is COc1ccccc1-c1cnc(Cl)cc1C(=O)OCc1ccccc1. The van der Waals surface area contributed by atoms with Gasteiger partial charge < -0.3 is 9.47 Å². The van der Waals surface area contributed by atoms with E-state index in [2.05, 4.69) is 4.98 Å². The van der Waals surface area contributed by atoms with Crippen LogP contribution in [0.3, 0.4) is 0 Å². The minimum absolute atomic E-state index is 0.185. The second kappa shape index (κ2) is 7.81. The fraction of sp³-hybridized carbons (Fsp3) is 0.100. The van der Waals surface area contributed by atoms with Gasteiger partial charge in [0.2, 0.25) is 0 Å². The molecule has 0 fully saturated rings. The Morgan fingerprint density at radius 2 is 1.76 bits per heavy atom. The third-order valence-corrected chi connectivity index (χ3v) is 3.91. The molecular formula is C20H16ClNO3. The molecule has 25 heavy (non-hydrogen) atoms. The van der Waals surface area contributed by atoms with Crippen LogP contribution >= 0.6 is 11.6 Å². The average molecular weight is 354 g/mol. The van der Waals surface area contributed by atoms with Gasteiger partial charge in [-0.05, 0) is 17.7 Å². The molecule has 0 aliphatic carbocycles. The minimum Gasteiger partial charge on any atom is -0.496 e. The molecule has 0 radical (unpaired) electrons. The number of halogens is 1. The molecule has 0 spiro atoms. The second-order valence-corrected chi connectivity index (χ2v) is 5.70. The maximum atomic E-state index is 12.6. The molecule has 0 atom stereocenters. The number of carbonyl (C=O) groups is 1. The molecular weight excluding hydrogens is 338 g/mol. The molecule has 126 valence electrons. The van der Waals surface area contributed by atoms with Crippen LogP contribution in [0.2, 0.25) is 5.15 Å². The molecule has 0 saturated heterocycles. The molecule has 1 heterocycles. The summed E-state index contributed by atoms with van der Waals surface area (Å²) in [7, 11) is 1.58. The van der Waals surface area contributed by atoms with Gasteiger partial charge in [-0.25, -0.2) is 9.78 Å². The number of pyridine rings is 1. The summed E-state index contributed by atoms with van der Waals surface area (Å²) in [5.41, 5.74) is 2.62. The summed E-state index contributed by atoms with van der Waals surface area (Å²) in [6.07, 6.45) is 1.55. The Hall–Kier alpha value is -2.85. The van der Waals surface area contributed by atoms with Crippen molar-refractivity contribution in [1.29, 1.82) is 0 Å². The van der Waals surface area contributed by atoms with Crippen LogP contribution in [0.4, 0.5) is 0 Å². The van der Waals surface area contributed by atoms with Gasteiger partial charge in [0.15, 0.2) is 0 Å². The van der Waals surface area contributed by atoms with Crippen LogP contribution < -0.4 is 4.74 Å². The number of benzene rings is 2. The van der Waals surface area contributed by atoms with Crippen molar-refractivity contribution in [3.8, 4) is 16.9 Å². The van der Waals surface area contributed by atoms with Crippen molar-refractivity contribution in [1.82, 2.24) is 4.98 Å². The first-order chi connectivity index (χ1) is 12.2. The van der Waals surface area contributed by atoms with Crippen molar-refractivity contribution in [2.75, 3.05) is 7.11 Å². The van der Waals surface area contributed by atoms with E-state index in [0.717, 1.165) is 11.1 Å². The topological polar surface area (TPSA) is 48.4 Å². The second-order valence-electron chi connectivity index (χ2n) is 5.31. The largest absolute Gasteiger partial charge is 0.496 e. The van der Waals surface area contributed by atoms with E-state index in [1.165, 1.54) is 6.07 Å². The number of para-hydroxylation sites is 1. The third-order valence-electron chi connectivity index (χ3n) is 3.70. The van der Waals surface area contributed by atoms with Crippen LogP contribution in [-0.4, -0.2) is 18.1 Å². The number of methoxy groups -OCH3 is 1. The fourth-order valence-corrected chi connectivity index (χ4v) is 2.64. The maximum Gasteiger partial charge on any atom is 0.339 e. The van der Waals surface area contributed by atoms with Gasteiger partial charge in [-0.2, -0.15) is 0 Å². The van der Waals surface area contributed by atoms with Crippen molar-refractivity contribution < 1.29 is 14.3 Å². The quantitative estimate of drug-likeness (QED) is 0.490. The minimum atomic E-state index is -0.464. The van der Waals surface area contributed by atoms with Gasteiger partial charge in [-0.15, -0.1) is 0 Å². The number of nitrogens with zero attached hydrogens (tertiary/aromatic N) is 1. The number of aromatic nitrogens is 1. The predicted octanol–water partition coefficient (Wildman–Crippen LogP) is 4.77. The smallest absolute Gasteiger partial charge is 0.339 e. The van der Waals surface area contributed by atoms with E-state index in [9.17, 15) is 4.79 Å². The van der Waals surface area contributed by atoms with Crippen molar-refractivity contribution in [3.63, 3.8) is 0 Å². The van der Waals surface area contributed by atoms with Crippen molar-refractivity contribution >= 4 is 17.6 Å². The normalized spacial score (nSPS) is 10.3. The lowest BCUT2D eigenvalue weighted by atomic mass is 10.0. The van der Waals surface area contributed by atoms with Crippen LogP contribution in [-0.2, 0) is 11.3 Å². The van der Waals surface area contributed by atoms with E-state index in [4.69, 9.17) is 21.1 Å². The van der Waals surface area contributed by atoms with Gasteiger partial charge in [0, 0.05) is 17.3 Å². The molecule has 0 bridgehead atoms. The van der Waals surface area contributed by atoms with Crippen LogP contribution in [0.25, 0.3) is 11.1 Å². The zero-order valence-corrected chi connectivity index (χ0v) is 14.4. The number of esters is 1. The Balaban J connectivity index is 1.92. The summed E-state index contributed by atoms with van der Waals surface area (Å²) in [5, 5.41) is 0.227. The fourth-order valence-electron chi connectivity index (χ4n) is 2.48. The molecule has 1 aromatic heterocycles. The van der Waals surface area contributed by atoms with Crippen molar-refractivity contribution in [2.45, 2.75) is 6.61 Å². The van der Waals surface area contributed by atoms with Crippen molar-refractivity contribution in [2.24, 2.45) is 0 Å². The summed E-state index contributed by atoms with van der Waals surface area (Å²) < 4.78 is 10.8. The number of hydrogen-bond acceptors (Lipinski definition) is 4. The molecule has 0 saturated carbocycles. The molecule has 2 aromatic carbocycles. The van der Waals surface area contributed by atoms with E-state index in [0.29, 0.717) is 16.9 Å². The number of hydrogen-bond donors (Lipinski definition) is 0. The maximum absolute atomic E-state index is 12.6. The molecule has 0 unspecified atom stereocenters. The van der Waals surface area contributed by atoms with Crippen LogP contribution in [0.15, 0.2) is 66.9 Å². The van der Waals surface area contributed by atoms with Crippen LogP contribution in [0.1, 0.15) is 15.9 Å². The van der Waals surface area contributed by atoms with Gasteiger partial charge in [0.25, 0.3) is 0 Å². The summed E-state index contributed by atoms with van der Waals surface area (Å²) >= 11 is 5.99.